The molecule has 0 spiro atoms. The van der Waals surface area contributed by atoms with E-state index in [9.17, 15) is 14.4 Å². The van der Waals surface area contributed by atoms with Crippen LogP contribution in [0.3, 0.4) is 0 Å². The Kier molecular flexibility index (Phi) is 11.8. The Morgan fingerprint density at radius 1 is 1.03 bits per heavy atom. The van der Waals surface area contributed by atoms with Crippen molar-refractivity contribution in [1.82, 2.24) is 5.32 Å². The molecule has 174 valence electrons. The molecule has 0 saturated carbocycles. The maximum Gasteiger partial charge on any atom is 0.338 e. The summed E-state index contributed by atoms with van der Waals surface area (Å²) < 4.78 is 10.6. The van der Waals surface area contributed by atoms with Crippen LogP contribution in [0.15, 0.2) is 54.6 Å². The second-order valence-electron chi connectivity index (χ2n) is 7.30. The molecule has 1 N–H and O–H groups in total. The van der Waals surface area contributed by atoms with Gasteiger partial charge in [0, 0.05) is 6.42 Å². The van der Waals surface area contributed by atoms with E-state index < -0.39 is 23.6 Å². The van der Waals surface area contributed by atoms with Crippen LogP contribution in [0.5, 0.6) is 0 Å². The standard InChI is InChI=1S/C22H24NO5.CH4S.Fm/c1-22(2,3)28-20(25)18-11-7-10-17(12-18)13-19(23-15-24)21(26)27-14-16-8-5-4-6-9-16;1-2;/h4-12,19H,13-14H2,1-3H3,(H,23,24);2H,1H3;/q-1;;. The van der Waals surface area contributed by atoms with Gasteiger partial charge in [0.25, 0.3) is 0 Å². The number of benzene rings is 2. The molecule has 0 aromatic heterocycles. The minimum atomic E-state index is -0.907. The van der Waals surface area contributed by atoms with Gasteiger partial charge in [-0.25, -0.2) is 9.59 Å². The van der Waals surface area contributed by atoms with Gasteiger partial charge in [0.15, 0.2) is 0 Å². The topological polar surface area (TPSA) is 81.7 Å². The van der Waals surface area contributed by atoms with E-state index in [1.54, 1.807) is 57.7 Å². The molecular formula is C23H28FmNO5S-. The van der Waals surface area contributed by atoms with E-state index in [2.05, 4.69) is 17.9 Å². The second kappa shape index (κ2) is 13.4. The molecule has 0 fully saturated rings. The van der Waals surface area contributed by atoms with Gasteiger partial charge < -0.3 is 19.6 Å². The summed E-state index contributed by atoms with van der Waals surface area (Å²) in [5.74, 6) is -1.03. The molecule has 0 saturated heterocycles. The zero-order valence-corrected chi connectivity index (χ0v) is 21.3. The zero-order valence-electron chi connectivity index (χ0n) is 18.0. The number of esters is 2. The van der Waals surface area contributed by atoms with Crippen molar-refractivity contribution in [3.8, 4) is 0 Å². The fourth-order valence-corrected chi connectivity index (χ4v) is 2.49. The molecule has 2 aromatic rings. The molecule has 0 radical (unpaired) electrons. The summed E-state index contributed by atoms with van der Waals surface area (Å²) in [7, 11) is 0. The third kappa shape index (κ3) is 9.99. The molecule has 0 aliphatic heterocycles. The van der Waals surface area contributed by atoms with Crippen LogP contribution in [0, 0.1) is 0 Å². The molecule has 0 aliphatic carbocycles. The largest absolute Gasteiger partial charge is 0.520 e. The molecule has 2 aromatic carbocycles. The van der Waals surface area contributed by atoms with Gasteiger partial charge in [-0.2, -0.15) is 19.0 Å². The number of ether oxygens (including phenoxy) is 2. The first-order chi connectivity index (χ1) is 14.3. The van der Waals surface area contributed by atoms with Crippen LogP contribution in [-0.4, -0.2) is 36.2 Å². The zero-order chi connectivity index (χ0) is 22.6. The van der Waals surface area contributed by atoms with E-state index in [-0.39, 0.29) is 13.0 Å². The SMILES string of the molecule is CC(C)(C)OC(=O)c1cccc(CC(N[C-]=O)C(=O)OCc2ccccc2)c1.CS.[Fm]. The molecule has 31 heavy (non-hydrogen) atoms. The van der Waals surface area contributed by atoms with Crippen LogP contribution in [0.25, 0.3) is 0 Å². The Bertz CT molecular complexity index is 824. The molecule has 1 atom stereocenters. The minimum Gasteiger partial charge on any atom is -0.520 e. The quantitative estimate of drug-likeness (QED) is 0.192. The maximum atomic E-state index is 12.4. The number of rotatable bonds is 8. The van der Waals surface area contributed by atoms with Crippen molar-refractivity contribution in [2.24, 2.45) is 0 Å². The van der Waals surface area contributed by atoms with Crippen molar-refractivity contribution in [2.45, 2.75) is 45.4 Å². The third-order valence-corrected chi connectivity index (χ3v) is 3.74. The maximum absolute atomic E-state index is 12.4. The summed E-state index contributed by atoms with van der Waals surface area (Å²) in [5.41, 5.74) is 1.30. The van der Waals surface area contributed by atoms with Crippen LogP contribution in [0.4, 0.5) is 0 Å². The molecule has 8 heteroatoms. The van der Waals surface area contributed by atoms with Crippen molar-refractivity contribution in [1.29, 1.82) is 0 Å². The molecule has 0 bridgehead atoms. The number of thiol groups is 1. The van der Waals surface area contributed by atoms with Crippen LogP contribution in [0.1, 0.15) is 42.3 Å². The van der Waals surface area contributed by atoms with E-state index >= 15 is 0 Å². The van der Waals surface area contributed by atoms with E-state index in [1.165, 1.54) is 0 Å². The van der Waals surface area contributed by atoms with Crippen LogP contribution in [0.2, 0.25) is 0 Å². The normalized spacial score (nSPS) is 11.0. The Balaban J connectivity index is 0.00000291. The number of amides is 1. The molecule has 1 amide bonds. The Labute approximate surface area is 183 Å². The van der Waals surface area contributed by atoms with Gasteiger partial charge in [-0.1, -0.05) is 42.5 Å². The Morgan fingerprint density at radius 2 is 1.65 bits per heavy atom. The summed E-state index contributed by atoms with van der Waals surface area (Å²) >= 11 is 3.53. The summed E-state index contributed by atoms with van der Waals surface area (Å²) in [5, 5.41) is 2.36. The minimum absolute atomic E-state index is 0. The molecule has 6 nitrogen and oxygen atoms in total. The van der Waals surface area contributed by atoms with Gasteiger partial charge in [0.1, 0.15) is 18.2 Å². The number of carbonyl (C=O) groups excluding carboxylic acids is 3. The monoisotopic (exact) mass is 687 g/mol. The summed E-state index contributed by atoms with van der Waals surface area (Å²) in [6.45, 7) is 5.47. The summed E-state index contributed by atoms with van der Waals surface area (Å²) in [4.78, 5) is 35.4. The van der Waals surface area contributed by atoms with Crippen molar-refractivity contribution in [3.63, 3.8) is 0 Å². The second-order valence-corrected chi connectivity index (χ2v) is 7.30. The molecule has 0 aliphatic rings. The fourth-order valence-electron chi connectivity index (χ4n) is 2.49. The predicted molar refractivity (Wildman–Crippen MR) is 119 cm³/mol. The Morgan fingerprint density at radius 3 is 2.23 bits per heavy atom. The number of hydrogen-bond donors (Lipinski definition) is 2. The van der Waals surface area contributed by atoms with Crippen LogP contribution >= 0.6 is 12.6 Å². The smallest absolute Gasteiger partial charge is 0.338 e. The van der Waals surface area contributed by atoms with Gasteiger partial charge in [-0.3, -0.25) is 0 Å². The number of nitrogens with one attached hydrogen (secondary N) is 1. The first-order valence-corrected chi connectivity index (χ1v) is 10.3. The van der Waals surface area contributed by atoms with Gasteiger partial charge in [0.05, 0.1) is 5.56 Å². The van der Waals surface area contributed by atoms with E-state index in [1.807, 2.05) is 30.3 Å². The van der Waals surface area contributed by atoms with Crippen molar-refractivity contribution < 1.29 is 23.9 Å². The van der Waals surface area contributed by atoms with Gasteiger partial charge in [0.2, 0.25) is 0 Å². The molecule has 2 rings (SSSR count). The van der Waals surface area contributed by atoms with Crippen LogP contribution in [-0.2, 0) is 32.1 Å². The van der Waals surface area contributed by atoms with Crippen LogP contribution < -0.4 is 5.32 Å². The van der Waals surface area contributed by atoms with Crippen molar-refractivity contribution >= 4 is 31.0 Å². The molecular weight excluding hydrogens is 659 g/mol. The third-order valence-electron chi connectivity index (χ3n) is 3.74. The van der Waals surface area contributed by atoms with E-state index in [0.29, 0.717) is 11.1 Å². The number of hydrogen-bond acceptors (Lipinski definition) is 6. The predicted octanol–water partition coefficient (Wildman–Crippen LogP) is 3.50. The van der Waals surface area contributed by atoms with E-state index in [0.717, 1.165) is 5.56 Å². The first-order valence-electron chi connectivity index (χ1n) is 9.39. The van der Waals surface area contributed by atoms with E-state index in [4.69, 9.17) is 9.47 Å². The van der Waals surface area contributed by atoms with Crippen molar-refractivity contribution in [3.05, 3.63) is 71.3 Å². The molecule has 0 heterocycles. The summed E-state index contributed by atoms with van der Waals surface area (Å²) in [6.07, 6.45) is 3.40. The summed E-state index contributed by atoms with van der Waals surface area (Å²) in [6, 6.07) is 15.1. The van der Waals surface area contributed by atoms with Gasteiger partial charge in [-0.15, -0.1) is 0 Å². The van der Waals surface area contributed by atoms with Gasteiger partial charge in [-0.05, 0) is 50.3 Å². The van der Waals surface area contributed by atoms with Gasteiger partial charge >= 0.3 is 11.9 Å². The fraction of sp³-hybridized carbons (Fsp3) is 0.348. The van der Waals surface area contributed by atoms with Crippen molar-refractivity contribution in [2.75, 3.05) is 6.26 Å². The average Bonchev–Trinajstić information content (AvgIpc) is 2.73. The average molecular weight is 688 g/mol. The molecule has 1 unspecified atom stereocenters. The Hall–Kier alpha value is -3.80. The first kappa shape index (κ1) is 27.2. The number of carbonyl (C=O) groups is 2.